The number of nitrogens with zero attached hydrogens (tertiary/aromatic N) is 4. The summed E-state index contributed by atoms with van der Waals surface area (Å²) in [5, 5.41) is 3.75. The molecule has 136 valence electrons. The lowest BCUT2D eigenvalue weighted by atomic mass is 10.2. The zero-order valence-electron chi connectivity index (χ0n) is 15.1. The van der Waals surface area contributed by atoms with Crippen molar-refractivity contribution < 1.29 is 4.79 Å². The molecule has 7 nitrogen and oxygen atoms in total. The van der Waals surface area contributed by atoms with Crippen LogP contribution in [-0.2, 0) is 11.3 Å². The van der Waals surface area contributed by atoms with Crippen molar-refractivity contribution in [1.82, 2.24) is 19.1 Å². The topological polar surface area (TPSA) is 81.8 Å². The fourth-order valence-electron chi connectivity index (χ4n) is 3.27. The van der Waals surface area contributed by atoms with E-state index in [4.69, 9.17) is 0 Å². The fourth-order valence-corrected chi connectivity index (χ4v) is 3.27. The lowest BCUT2D eigenvalue weighted by Gasteiger charge is -2.09. The molecule has 1 aromatic carbocycles. The van der Waals surface area contributed by atoms with Gasteiger partial charge in [0.25, 0.3) is 0 Å². The molecule has 7 heteroatoms. The van der Waals surface area contributed by atoms with E-state index in [-0.39, 0.29) is 24.2 Å². The summed E-state index contributed by atoms with van der Waals surface area (Å²) in [7, 11) is 0. The Morgan fingerprint density at radius 2 is 1.85 bits per heavy atom. The maximum Gasteiger partial charge on any atom is 0.331 e. The smallest absolute Gasteiger partial charge is 0.324 e. The van der Waals surface area contributed by atoms with Gasteiger partial charge in [-0.1, -0.05) is 6.07 Å². The molecule has 0 aliphatic carbocycles. The average molecular weight is 361 g/mol. The van der Waals surface area contributed by atoms with Gasteiger partial charge in [0, 0.05) is 23.8 Å². The van der Waals surface area contributed by atoms with Gasteiger partial charge in [0.15, 0.2) is 5.65 Å². The molecular formula is C20H19N5O2. The van der Waals surface area contributed by atoms with Crippen LogP contribution in [0.4, 0.5) is 5.69 Å². The third-order valence-corrected chi connectivity index (χ3v) is 4.46. The number of hydrogen-bond donors (Lipinski definition) is 1. The van der Waals surface area contributed by atoms with Crippen molar-refractivity contribution >= 4 is 33.7 Å². The van der Waals surface area contributed by atoms with Gasteiger partial charge in [-0.15, -0.1) is 0 Å². The molecular weight excluding hydrogens is 342 g/mol. The zero-order chi connectivity index (χ0) is 19.0. The monoisotopic (exact) mass is 361 g/mol. The molecule has 0 fully saturated rings. The number of carbonyl (C=O) groups excluding carboxylic acids is 1. The number of fused-ring (bicyclic) bond motifs is 2. The number of anilines is 1. The molecule has 0 unspecified atom stereocenters. The van der Waals surface area contributed by atoms with E-state index in [0.717, 1.165) is 10.9 Å². The predicted molar refractivity (Wildman–Crippen MR) is 105 cm³/mol. The molecule has 27 heavy (non-hydrogen) atoms. The first-order valence-corrected chi connectivity index (χ1v) is 8.75. The number of amides is 1. The third-order valence-electron chi connectivity index (χ3n) is 4.46. The molecule has 3 aromatic heterocycles. The van der Waals surface area contributed by atoms with Gasteiger partial charge in [-0.25, -0.2) is 9.78 Å². The van der Waals surface area contributed by atoms with Crippen LogP contribution in [-0.4, -0.2) is 25.0 Å². The van der Waals surface area contributed by atoms with Crippen molar-refractivity contribution in [2.45, 2.75) is 26.4 Å². The Morgan fingerprint density at radius 1 is 1.07 bits per heavy atom. The highest BCUT2D eigenvalue weighted by molar-refractivity contribution is 6.01. The first kappa shape index (κ1) is 17.0. The van der Waals surface area contributed by atoms with Crippen molar-refractivity contribution in [2.75, 3.05) is 5.32 Å². The molecule has 0 atom stereocenters. The van der Waals surface area contributed by atoms with E-state index in [1.165, 1.54) is 4.57 Å². The highest BCUT2D eigenvalue weighted by Gasteiger charge is 2.18. The van der Waals surface area contributed by atoms with Crippen molar-refractivity contribution in [3.8, 4) is 0 Å². The van der Waals surface area contributed by atoms with Crippen LogP contribution in [0.15, 0.2) is 59.7 Å². The third kappa shape index (κ3) is 2.97. The van der Waals surface area contributed by atoms with Crippen molar-refractivity contribution in [2.24, 2.45) is 0 Å². The molecule has 0 saturated heterocycles. The number of nitrogens with one attached hydrogen (secondary N) is 1. The maximum absolute atomic E-state index is 12.8. The second-order valence-electron chi connectivity index (χ2n) is 6.60. The van der Waals surface area contributed by atoms with Crippen LogP contribution >= 0.6 is 0 Å². The number of pyridine rings is 2. The van der Waals surface area contributed by atoms with E-state index in [9.17, 15) is 9.59 Å². The Kier molecular flexibility index (Phi) is 4.19. The fraction of sp³-hybridized carbons (Fsp3) is 0.200. The van der Waals surface area contributed by atoms with E-state index < -0.39 is 0 Å². The molecule has 4 aromatic rings. The van der Waals surface area contributed by atoms with Gasteiger partial charge in [-0.05, 0) is 50.2 Å². The predicted octanol–water partition coefficient (Wildman–Crippen LogP) is 2.97. The molecule has 1 amide bonds. The number of hydrogen-bond acceptors (Lipinski definition) is 4. The summed E-state index contributed by atoms with van der Waals surface area (Å²) >= 11 is 0. The zero-order valence-corrected chi connectivity index (χ0v) is 15.1. The summed E-state index contributed by atoms with van der Waals surface area (Å²) in [5.74, 6) is -0.278. The highest BCUT2D eigenvalue weighted by Crippen LogP contribution is 2.21. The Bertz CT molecular complexity index is 1200. The normalized spacial score (nSPS) is 11.4. The van der Waals surface area contributed by atoms with Gasteiger partial charge in [0.05, 0.1) is 16.7 Å². The summed E-state index contributed by atoms with van der Waals surface area (Å²) in [6.45, 7) is 3.75. The highest BCUT2D eigenvalue weighted by atomic mass is 16.2. The SMILES string of the molecule is CC(C)n1c(=O)n(CC(=O)Nc2cccc3ncccc23)c2cccnc21. The Morgan fingerprint density at radius 3 is 2.67 bits per heavy atom. The van der Waals surface area contributed by atoms with Crippen molar-refractivity contribution in [3.05, 3.63) is 65.3 Å². The standard InChI is InChI=1S/C20H19N5O2/c1-13(2)25-19-17(9-5-11-22-19)24(20(25)27)12-18(26)23-16-8-3-7-15-14(16)6-4-10-21-15/h3-11,13H,12H2,1-2H3,(H,23,26). The van der Waals surface area contributed by atoms with E-state index in [1.54, 1.807) is 29.1 Å². The number of rotatable bonds is 4. The largest absolute Gasteiger partial charge is 0.331 e. The van der Waals surface area contributed by atoms with Gasteiger partial charge in [0.1, 0.15) is 6.54 Å². The van der Waals surface area contributed by atoms with Gasteiger partial charge in [0.2, 0.25) is 5.91 Å². The molecule has 0 aliphatic heterocycles. The van der Waals surface area contributed by atoms with E-state index >= 15 is 0 Å². The Labute approximate surface area is 155 Å². The van der Waals surface area contributed by atoms with Gasteiger partial charge >= 0.3 is 5.69 Å². The molecule has 0 saturated carbocycles. The summed E-state index contributed by atoms with van der Waals surface area (Å²) in [4.78, 5) is 34.1. The minimum Gasteiger partial charge on any atom is -0.324 e. The lowest BCUT2D eigenvalue weighted by Crippen LogP contribution is -2.30. The number of imidazole rings is 1. The van der Waals surface area contributed by atoms with Crippen molar-refractivity contribution in [1.29, 1.82) is 0 Å². The molecule has 1 N–H and O–H groups in total. The van der Waals surface area contributed by atoms with Crippen LogP contribution in [0.3, 0.4) is 0 Å². The van der Waals surface area contributed by atoms with E-state index in [2.05, 4.69) is 15.3 Å². The van der Waals surface area contributed by atoms with Crippen LogP contribution in [0.5, 0.6) is 0 Å². The molecule has 3 heterocycles. The van der Waals surface area contributed by atoms with E-state index in [0.29, 0.717) is 16.9 Å². The Hall–Kier alpha value is -3.48. The van der Waals surface area contributed by atoms with Crippen LogP contribution in [0.1, 0.15) is 19.9 Å². The van der Waals surface area contributed by atoms with Crippen LogP contribution < -0.4 is 11.0 Å². The summed E-state index contributed by atoms with van der Waals surface area (Å²) < 4.78 is 3.06. The number of carbonyl (C=O) groups is 1. The van der Waals surface area contributed by atoms with Gasteiger partial charge in [-0.2, -0.15) is 0 Å². The molecule has 0 bridgehead atoms. The first-order valence-electron chi connectivity index (χ1n) is 8.75. The van der Waals surface area contributed by atoms with Crippen LogP contribution in [0.25, 0.3) is 22.1 Å². The number of benzene rings is 1. The number of aromatic nitrogens is 4. The van der Waals surface area contributed by atoms with Gasteiger partial charge in [-0.3, -0.25) is 18.9 Å². The van der Waals surface area contributed by atoms with E-state index in [1.807, 2.05) is 44.2 Å². The van der Waals surface area contributed by atoms with Crippen LogP contribution in [0, 0.1) is 0 Å². The second-order valence-corrected chi connectivity index (χ2v) is 6.60. The van der Waals surface area contributed by atoms with Crippen molar-refractivity contribution in [3.63, 3.8) is 0 Å². The quantitative estimate of drug-likeness (QED) is 0.606. The second kappa shape index (κ2) is 6.68. The first-order chi connectivity index (χ1) is 13.1. The Balaban J connectivity index is 1.69. The molecule has 4 rings (SSSR count). The minimum absolute atomic E-state index is 0.0525. The maximum atomic E-state index is 12.8. The summed E-state index contributed by atoms with van der Waals surface area (Å²) in [5.41, 5.74) is 2.46. The molecule has 0 spiro atoms. The van der Waals surface area contributed by atoms with Gasteiger partial charge < -0.3 is 5.32 Å². The average Bonchev–Trinajstić information content (AvgIpc) is 2.94. The summed E-state index contributed by atoms with van der Waals surface area (Å²) in [6, 6.07) is 12.8. The lowest BCUT2D eigenvalue weighted by molar-refractivity contribution is -0.116. The summed E-state index contributed by atoms with van der Waals surface area (Å²) in [6.07, 6.45) is 3.36. The molecule has 0 aliphatic rings. The van der Waals surface area contributed by atoms with Crippen LogP contribution in [0.2, 0.25) is 0 Å². The minimum atomic E-state index is -0.278. The molecule has 0 radical (unpaired) electrons.